The normalized spacial score (nSPS) is 16.5. The van der Waals surface area contributed by atoms with Crippen LogP contribution in [-0.2, 0) is 0 Å². The standard InChI is InChI=1S/C14H17ClN2/c1-14(2,3)11-8-17(9-11)13-5-4-10(7-16)6-12(13)15/h4-6,11H,8-9H2,1-3H3. The van der Waals surface area contributed by atoms with E-state index in [2.05, 4.69) is 31.7 Å². The molecule has 0 N–H and O–H groups in total. The van der Waals surface area contributed by atoms with Crippen LogP contribution in [0.2, 0.25) is 5.02 Å². The first-order chi connectivity index (χ1) is 7.91. The van der Waals surface area contributed by atoms with Crippen LogP contribution in [0, 0.1) is 22.7 Å². The van der Waals surface area contributed by atoms with Gasteiger partial charge in [-0.05, 0) is 29.5 Å². The molecule has 2 rings (SSSR count). The van der Waals surface area contributed by atoms with E-state index in [0.29, 0.717) is 21.9 Å². The second-order valence-electron chi connectivity index (χ2n) is 5.75. The summed E-state index contributed by atoms with van der Waals surface area (Å²) in [4.78, 5) is 2.28. The fourth-order valence-electron chi connectivity index (χ4n) is 2.06. The molecule has 2 nitrogen and oxygen atoms in total. The summed E-state index contributed by atoms with van der Waals surface area (Å²) >= 11 is 6.18. The molecule has 1 aromatic carbocycles. The van der Waals surface area contributed by atoms with Crippen LogP contribution in [0.4, 0.5) is 5.69 Å². The van der Waals surface area contributed by atoms with Crippen LogP contribution in [0.25, 0.3) is 0 Å². The summed E-state index contributed by atoms with van der Waals surface area (Å²) in [6.07, 6.45) is 0. The van der Waals surface area contributed by atoms with Crippen molar-refractivity contribution in [1.82, 2.24) is 0 Å². The van der Waals surface area contributed by atoms with Gasteiger partial charge in [-0.15, -0.1) is 0 Å². The second-order valence-corrected chi connectivity index (χ2v) is 6.15. The zero-order valence-electron chi connectivity index (χ0n) is 10.5. The molecule has 1 aliphatic heterocycles. The van der Waals surface area contributed by atoms with Gasteiger partial charge in [-0.2, -0.15) is 5.26 Å². The molecule has 3 heteroatoms. The SMILES string of the molecule is CC(C)(C)C1CN(c2ccc(C#N)cc2Cl)C1. The predicted octanol–water partition coefficient (Wildman–Crippen LogP) is 3.69. The van der Waals surface area contributed by atoms with Gasteiger partial charge in [0.15, 0.2) is 0 Å². The molecule has 0 aliphatic carbocycles. The Labute approximate surface area is 108 Å². The lowest BCUT2D eigenvalue weighted by Crippen LogP contribution is -2.52. The van der Waals surface area contributed by atoms with E-state index in [1.807, 2.05) is 12.1 Å². The van der Waals surface area contributed by atoms with E-state index < -0.39 is 0 Å². The quantitative estimate of drug-likeness (QED) is 0.758. The summed E-state index contributed by atoms with van der Waals surface area (Å²) in [5.41, 5.74) is 2.02. The molecule has 0 aromatic heterocycles. The molecular formula is C14H17ClN2. The second kappa shape index (κ2) is 4.23. The number of hydrogen-bond donors (Lipinski definition) is 0. The van der Waals surface area contributed by atoms with Crippen LogP contribution in [0.1, 0.15) is 26.3 Å². The van der Waals surface area contributed by atoms with Gasteiger partial charge in [0, 0.05) is 13.1 Å². The van der Waals surface area contributed by atoms with E-state index in [-0.39, 0.29) is 0 Å². The molecule has 1 saturated heterocycles. The van der Waals surface area contributed by atoms with Gasteiger partial charge in [-0.3, -0.25) is 0 Å². The Balaban J connectivity index is 2.10. The molecule has 1 heterocycles. The fraction of sp³-hybridized carbons (Fsp3) is 0.500. The topological polar surface area (TPSA) is 27.0 Å². The highest BCUT2D eigenvalue weighted by molar-refractivity contribution is 6.33. The highest BCUT2D eigenvalue weighted by atomic mass is 35.5. The molecule has 0 radical (unpaired) electrons. The summed E-state index contributed by atoms with van der Waals surface area (Å²) in [5, 5.41) is 9.47. The van der Waals surface area contributed by atoms with Crippen LogP contribution >= 0.6 is 11.6 Å². The van der Waals surface area contributed by atoms with Crippen molar-refractivity contribution in [3.63, 3.8) is 0 Å². The minimum Gasteiger partial charge on any atom is -0.370 e. The molecule has 0 atom stereocenters. The van der Waals surface area contributed by atoms with Crippen LogP contribution in [0.3, 0.4) is 0 Å². The van der Waals surface area contributed by atoms with Gasteiger partial charge in [0.1, 0.15) is 0 Å². The van der Waals surface area contributed by atoms with E-state index in [1.54, 1.807) is 6.07 Å². The molecular weight excluding hydrogens is 232 g/mol. The molecule has 0 unspecified atom stereocenters. The first-order valence-electron chi connectivity index (χ1n) is 5.86. The number of rotatable bonds is 1. The maximum atomic E-state index is 8.79. The van der Waals surface area contributed by atoms with Crippen molar-refractivity contribution in [2.75, 3.05) is 18.0 Å². The monoisotopic (exact) mass is 248 g/mol. The zero-order valence-corrected chi connectivity index (χ0v) is 11.3. The number of nitrogens with zero attached hydrogens (tertiary/aromatic N) is 2. The summed E-state index contributed by atoms with van der Waals surface area (Å²) in [6, 6.07) is 7.61. The fourth-order valence-corrected chi connectivity index (χ4v) is 2.36. The third kappa shape index (κ3) is 2.40. The average Bonchev–Trinajstić information content (AvgIpc) is 2.16. The molecule has 0 bridgehead atoms. The van der Waals surface area contributed by atoms with Crippen molar-refractivity contribution in [1.29, 1.82) is 5.26 Å². The van der Waals surface area contributed by atoms with Crippen LogP contribution in [0.5, 0.6) is 0 Å². The molecule has 0 amide bonds. The van der Waals surface area contributed by atoms with E-state index in [1.165, 1.54) is 0 Å². The Kier molecular flexibility index (Phi) is 3.05. The summed E-state index contributed by atoms with van der Waals surface area (Å²) < 4.78 is 0. The minimum absolute atomic E-state index is 0.357. The van der Waals surface area contributed by atoms with Gasteiger partial charge in [0.2, 0.25) is 0 Å². The number of anilines is 1. The Bertz CT molecular complexity index is 462. The minimum atomic E-state index is 0.357. The van der Waals surface area contributed by atoms with Gasteiger partial charge in [-0.1, -0.05) is 32.4 Å². The van der Waals surface area contributed by atoms with Crippen molar-refractivity contribution in [2.24, 2.45) is 11.3 Å². The maximum absolute atomic E-state index is 8.79. The number of benzene rings is 1. The number of halogens is 1. The Morgan fingerprint density at radius 3 is 2.47 bits per heavy atom. The van der Waals surface area contributed by atoms with E-state index in [0.717, 1.165) is 18.8 Å². The Morgan fingerprint density at radius 1 is 1.35 bits per heavy atom. The molecule has 0 saturated carbocycles. The van der Waals surface area contributed by atoms with Crippen LogP contribution in [-0.4, -0.2) is 13.1 Å². The molecule has 0 spiro atoms. The summed E-state index contributed by atoms with van der Waals surface area (Å²) in [5.74, 6) is 0.717. The lowest BCUT2D eigenvalue weighted by atomic mass is 9.76. The smallest absolute Gasteiger partial charge is 0.0992 e. The van der Waals surface area contributed by atoms with Crippen molar-refractivity contribution in [3.05, 3.63) is 28.8 Å². The van der Waals surface area contributed by atoms with Gasteiger partial charge < -0.3 is 4.90 Å². The number of nitriles is 1. The number of hydrogen-bond acceptors (Lipinski definition) is 2. The van der Waals surface area contributed by atoms with Gasteiger partial charge in [0.25, 0.3) is 0 Å². The largest absolute Gasteiger partial charge is 0.370 e. The maximum Gasteiger partial charge on any atom is 0.0992 e. The van der Waals surface area contributed by atoms with Crippen molar-refractivity contribution in [2.45, 2.75) is 20.8 Å². The van der Waals surface area contributed by atoms with Crippen molar-refractivity contribution < 1.29 is 0 Å². The Morgan fingerprint density at radius 2 is 2.00 bits per heavy atom. The first kappa shape index (κ1) is 12.3. The molecule has 17 heavy (non-hydrogen) atoms. The van der Waals surface area contributed by atoms with Gasteiger partial charge >= 0.3 is 0 Å². The molecule has 90 valence electrons. The van der Waals surface area contributed by atoms with E-state index >= 15 is 0 Å². The molecule has 1 fully saturated rings. The first-order valence-corrected chi connectivity index (χ1v) is 6.24. The summed E-state index contributed by atoms with van der Waals surface area (Å²) in [6.45, 7) is 8.92. The lowest BCUT2D eigenvalue weighted by Gasteiger charge is -2.47. The van der Waals surface area contributed by atoms with Crippen LogP contribution in [0.15, 0.2) is 18.2 Å². The van der Waals surface area contributed by atoms with Crippen molar-refractivity contribution >= 4 is 17.3 Å². The van der Waals surface area contributed by atoms with Crippen molar-refractivity contribution in [3.8, 4) is 6.07 Å². The average molecular weight is 249 g/mol. The lowest BCUT2D eigenvalue weighted by molar-refractivity contribution is 0.195. The van der Waals surface area contributed by atoms with E-state index in [4.69, 9.17) is 16.9 Å². The zero-order chi connectivity index (χ0) is 12.6. The summed E-state index contributed by atoms with van der Waals surface area (Å²) in [7, 11) is 0. The highest BCUT2D eigenvalue weighted by Crippen LogP contribution is 2.38. The van der Waals surface area contributed by atoms with E-state index in [9.17, 15) is 0 Å². The van der Waals surface area contributed by atoms with Gasteiger partial charge in [-0.25, -0.2) is 0 Å². The Hall–Kier alpha value is -1.20. The molecule has 1 aromatic rings. The van der Waals surface area contributed by atoms with Gasteiger partial charge in [0.05, 0.1) is 22.3 Å². The molecule has 1 aliphatic rings. The highest BCUT2D eigenvalue weighted by Gasteiger charge is 2.36. The van der Waals surface area contributed by atoms with Crippen LogP contribution < -0.4 is 4.90 Å². The third-order valence-corrected chi connectivity index (χ3v) is 3.83. The predicted molar refractivity (Wildman–Crippen MR) is 71.3 cm³/mol. The third-order valence-electron chi connectivity index (χ3n) is 3.52.